The van der Waals surface area contributed by atoms with E-state index in [1.54, 1.807) is 6.20 Å². The number of nitrogens with zero attached hydrogens (tertiary/aromatic N) is 4. The average Bonchev–Trinajstić information content (AvgIpc) is 3.01. The number of benzene rings is 1. The molecule has 2 heterocycles. The van der Waals surface area contributed by atoms with Gasteiger partial charge in [0.2, 0.25) is 0 Å². The first-order chi connectivity index (χ1) is 11.5. The topological polar surface area (TPSA) is 58.4 Å². The fourth-order valence-corrected chi connectivity index (χ4v) is 4.58. The molecule has 0 N–H and O–H groups in total. The number of hydrogen-bond donors (Lipinski definition) is 0. The van der Waals surface area contributed by atoms with Gasteiger partial charge < -0.3 is 9.80 Å². The van der Waals surface area contributed by atoms with Crippen LogP contribution in [0.3, 0.4) is 0 Å². The van der Waals surface area contributed by atoms with Gasteiger partial charge in [0, 0.05) is 31.6 Å². The summed E-state index contributed by atoms with van der Waals surface area (Å²) in [6, 6.07) is 5.92. The van der Waals surface area contributed by atoms with Crippen molar-refractivity contribution < 1.29 is 8.42 Å². The lowest BCUT2D eigenvalue weighted by atomic mass is 10.2. The molecule has 7 heteroatoms. The van der Waals surface area contributed by atoms with Gasteiger partial charge in [0.05, 0.1) is 17.6 Å². The van der Waals surface area contributed by atoms with Gasteiger partial charge in [-0.05, 0) is 19.5 Å². The van der Waals surface area contributed by atoms with Crippen LogP contribution < -0.4 is 4.90 Å². The number of likely N-dealkylation sites (N-methyl/N-ethyl adjacent to an activating group) is 1. The Balaban J connectivity index is 1.98. The summed E-state index contributed by atoms with van der Waals surface area (Å²) in [4.78, 5) is 4.55. The highest BCUT2D eigenvalue weighted by molar-refractivity contribution is 7.89. The summed E-state index contributed by atoms with van der Waals surface area (Å²) < 4.78 is 26.7. The molecule has 1 aliphatic rings. The lowest BCUT2D eigenvalue weighted by Gasteiger charge is -2.34. The van der Waals surface area contributed by atoms with Crippen molar-refractivity contribution in [2.24, 2.45) is 0 Å². The van der Waals surface area contributed by atoms with Crippen LogP contribution in [0.2, 0.25) is 0 Å². The molecule has 0 spiro atoms. The molecule has 1 fully saturated rings. The summed E-state index contributed by atoms with van der Waals surface area (Å²) >= 11 is 0. The molecule has 3 rings (SSSR count). The highest BCUT2D eigenvalue weighted by Crippen LogP contribution is 2.28. The molecule has 0 amide bonds. The van der Waals surface area contributed by atoms with Gasteiger partial charge in [-0.25, -0.2) is 8.42 Å². The number of piperazine rings is 1. The molecule has 132 valence electrons. The van der Waals surface area contributed by atoms with E-state index >= 15 is 0 Å². The van der Waals surface area contributed by atoms with E-state index in [-0.39, 0.29) is 5.75 Å². The third kappa shape index (κ3) is 3.42. The normalized spacial score (nSPS) is 16.8. The van der Waals surface area contributed by atoms with Crippen LogP contribution in [0.25, 0.3) is 10.9 Å². The van der Waals surface area contributed by atoms with Gasteiger partial charge >= 0.3 is 0 Å². The summed E-state index contributed by atoms with van der Waals surface area (Å²) in [5.41, 5.74) is 1.69. The zero-order chi connectivity index (χ0) is 17.2. The van der Waals surface area contributed by atoms with Crippen molar-refractivity contribution in [1.82, 2.24) is 14.1 Å². The van der Waals surface area contributed by atoms with Crippen LogP contribution in [0.1, 0.15) is 26.2 Å². The van der Waals surface area contributed by atoms with Crippen molar-refractivity contribution in [1.29, 1.82) is 0 Å². The molecular weight excluding hydrogens is 324 g/mol. The van der Waals surface area contributed by atoms with Gasteiger partial charge in [-0.1, -0.05) is 31.9 Å². The zero-order valence-electron chi connectivity index (χ0n) is 14.5. The van der Waals surface area contributed by atoms with Crippen LogP contribution in [-0.2, 0) is 10.0 Å². The Morgan fingerprint density at radius 2 is 1.88 bits per heavy atom. The average molecular weight is 350 g/mol. The van der Waals surface area contributed by atoms with Crippen LogP contribution in [0, 0.1) is 0 Å². The molecule has 0 aliphatic carbocycles. The molecule has 1 saturated heterocycles. The molecule has 0 radical (unpaired) electrons. The number of unbranched alkanes of at least 4 members (excludes halogenated alkanes) is 2. The molecule has 24 heavy (non-hydrogen) atoms. The Kier molecular flexibility index (Phi) is 5.10. The standard InChI is InChI=1S/C17H26N4O2S/c1-3-4-5-13-24(22,23)21-17-15(14-18-21)7-6-8-16(17)20-11-9-19(2)10-12-20/h6-8,14H,3-5,9-13H2,1-2H3. The maximum atomic E-state index is 12.7. The van der Waals surface area contributed by atoms with Gasteiger partial charge in [0.15, 0.2) is 0 Å². The van der Waals surface area contributed by atoms with E-state index < -0.39 is 10.0 Å². The van der Waals surface area contributed by atoms with Crippen LogP contribution in [0.15, 0.2) is 24.4 Å². The molecule has 0 unspecified atom stereocenters. The predicted molar refractivity (Wildman–Crippen MR) is 98.2 cm³/mol. The molecule has 6 nitrogen and oxygen atoms in total. The Hall–Kier alpha value is -1.60. The second-order valence-corrected chi connectivity index (χ2v) is 8.43. The van der Waals surface area contributed by atoms with Gasteiger partial charge in [0.1, 0.15) is 5.52 Å². The lowest BCUT2D eigenvalue weighted by Crippen LogP contribution is -2.44. The van der Waals surface area contributed by atoms with Crippen LogP contribution in [0.4, 0.5) is 5.69 Å². The van der Waals surface area contributed by atoms with Crippen molar-refractivity contribution in [3.8, 4) is 0 Å². The minimum absolute atomic E-state index is 0.148. The SMILES string of the molecule is CCCCCS(=O)(=O)n1ncc2cccc(N3CCN(C)CC3)c21. The third-order valence-electron chi connectivity index (χ3n) is 4.65. The molecule has 1 aromatic carbocycles. The van der Waals surface area contributed by atoms with E-state index in [1.165, 1.54) is 4.09 Å². The van der Waals surface area contributed by atoms with E-state index in [2.05, 4.69) is 28.9 Å². The molecule has 1 aliphatic heterocycles. The van der Waals surface area contributed by atoms with Crippen LogP contribution in [0.5, 0.6) is 0 Å². The maximum absolute atomic E-state index is 12.7. The van der Waals surface area contributed by atoms with E-state index in [9.17, 15) is 8.42 Å². The Bertz CT molecular complexity index is 792. The summed E-state index contributed by atoms with van der Waals surface area (Å²) in [6.45, 7) is 5.83. The number of anilines is 1. The monoisotopic (exact) mass is 350 g/mol. The summed E-state index contributed by atoms with van der Waals surface area (Å²) in [7, 11) is -1.31. The molecular formula is C17H26N4O2S. The highest BCUT2D eigenvalue weighted by atomic mass is 32.2. The van der Waals surface area contributed by atoms with Crippen LogP contribution >= 0.6 is 0 Å². The van der Waals surface area contributed by atoms with E-state index in [0.717, 1.165) is 55.6 Å². The third-order valence-corrected chi connectivity index (χ3v) is 6.26. The van der Waals surface area contributed by atoms with E-state index in [1.807, 2.05) is 18.2 Å². The van der Waals surface area contributed by atoms with Crippen molar-refractivity contribution in [2.75, 3.05) is 43.9 Å². The Morgan fingerprint density at radius 3 is 2.58 bits per heavy atom. The lowest BCUT2D eigenvalue weighted by molar-refractivity contribution is 0.313. The van der Waals surface area contributed by atoms with E-state index in [0.29, 0.717) is 6.42 Å². The number of para-hydroxylation sites is 1. The van der Waals surface area contributed by atoms with Gasteiger partial charge in [-0.3, -0.25) is 0 Å². The second kappa shape index (κ2) is 7.11. The first-order valence-electron chi connectivity index (χ1n) is 8.66. The Labute approximate surface area is 144 Å². The Morgan fingerprint density at radius 1 is 1.12 bits per heavy atom. The quantitative estimate of drug-likeness (QED) is 0.747. The number of rotatable bonds is 6. The molecule has 2 aromatic rings. The van der Waals surface area contributed by atoms with Crippen molar-refractivity contribution in [2.45, 2.75) is 26.2 Å². The fraction of sp³-hybridized carbons (Fsp3) is 0.588. The summed E-state index contributed by atoms with van der Waals surface area (Å²) in [5, 5.41) is 5.09. The zero-order valence-corrected chi connectivity index (χ0v) is 15.3. The largest absolute Gasteiger partial charge is 0.367 e. The van der Waals surface area contributed by atoms with Gasteiger partial charge in [-0.15, -0.1) is 0 Å². The summed E-state index contributed by atoms with van der Waals surface area (Å²) in [5.74, 6) is 0.148. The first kappa shape index (κ1) is 17.2. The minimum atomic E-state index is -3.42. The number of hydrogen-bond acceptors (Lipinski definition) is 5. The number of aromatic nitrogens is 2. The van der Waals surface area contributed by atoms with Crippen molar-refractivity contribution >= 4 is 26.6 Å². The highest BCUT2D eigenvalue weighted by Gasteiger charge is 2.23. The van der Waals surface area contributed by atoms with Crippen LogP contribution in [-0.4, -0.2) is 61.5 Å². The second-order valence-electron chi connectivity index (χ2n) is 6.52. The first-order valence-corrected chi connectivity index (χ1v) is 10.3. The fourth-order valence-electron chi connectivity index (χ4n) is 3.17. The smallest absolute Gasteiger partial charge is 0.254 e. The molecule has 0 bridgehead atoms. The number of fused-ring (bicyclic) bond motifs is 1. The van der Waals surface area contributed by atoms with Gasteiger partial charge in [-0.2, -0.15) is 9.19 Å². The molecule has 0 saturated carbocycles. The molecule has 0 atom stereocenters. The van der Waals surface area contributed by atoms with Crippen molar-refractivity contribution in [3.63, 3.8) is 0 Å². The maximum Gasteiger partial charge on any atom is 0.254 e. The van der Waals surface area contributed by atoms with Gasteiger partial charge in [0.25, 0.3) is 10.0 Å². The predicted octanol–water partition coefficient (Wildman–Crippen LogP) is 2.16. The van der Waals surface area contributed by atoms with E-state index in [4.69, 9.17) is 0 Å². The molecule has 1 aromatic heterocycles. The summed E-state index contributed by atoms with van der Waals surface area (Å²) in [6.07, 6.45) is 4.26. The van der Waals surface area contributed by atoms with Crippen molar-refractivity contribution in [3.05, 3.63) is 24.4 Å². The minimum Gasteiger partial charge on any atom is -0.367 e.